The summed E-state index contributed by atoms with van der Waals surface area (Å²) in [6.45, 7) is 4.18. The molecule has 1 heterocycles. The fraction of sp³-hybridized carbons (Fsp3) is 0.375. The van der Waals surface area contributed by atoms with E-state index in [1.54, 1.807) is 24.3 Å². The van der Waals surface area contributed by atoms with Crippen molar-refractivity contribution in [2.75, 3.05) is 19.6 Å². The molecular formula is C16H19N3O4. The average molecular weight is 317 g/mol. The molecule has 0 aliphatic carbocycles. The first-order valence-electron chi connectivity index (χ1n) is 7.48. The van der Waals surface area contributed by atoms with Crippen molar-refractivity contribution in [3.05, 3.63) is 35.9 Å². The van der Waals surface area contributed by atoms with Gasteiger partial charge < -0.3 is 4.90 Å². The van der Waals surface area contributed by atoms with Crippen LogP contribution < -0.4 is 0 Å². The minimum Gasteiger partial charge on any atom is -0.342 e. The van der Waals surface area contributed by atoms with Gasteiger partial charge in [0.25, 0.3) is 0 Å². The highest BCUT2D eigenvalue weighted by molar-refractivity contribution is 6.44. The van der Waals surface area contributed by atoms with Gasteiger partial charge in [-0.1, -0.05) is 30.3 Å². The number of hydrogen-bond donors (Lipinski definition) is 0. The molecule has 0 unspecified atom stereocenters. The smallest absolute Gasteiger partial charge is 0.335 e. The molecule has 0 spiro atoms. The van der Waals surface area contributed by atoms with Gasteiger partial charge in [-0.2, -0.15) is 0 Å². The largest absolute Gasteiger partial charge is 0.342 e. The standard InChI is InChI=1S/C16H19N3O4/c1-3-17(4-2)13(20)11-19-15(22)14(21)18(16(19)23)10-12-8-6-5-7-9-12/h5-9H,3-4,10-11H2,1-2H3. The molecule has 0 saturated carbocycles. The summed E-state index contributed by atoms with van der Waals surface area (Å²) in [6.07, 6.45) is 0. The van der Waals surface area contributed by atoms with Crippen molar-refractivity contribution >= 4 is 23.8 Å². The van der Waals surface area contributed by atoms with Crippen molar-refractivity contribution in [2.24, 2.45) is 0 Å². The van der Waals surface area contributed by atoms with Crippen LogP contribution in [-0.4, -0.2) is 58.1 Å². The second-order valence-electron chi connectivity index (χ2n) is 5.12. The van der Waals surface area contributed by atoms with Gasteiger partial charge in [0.1, 0.15) is 6.54 Å². The third-order valence-corrected chi connectivity index (χ3v) is 3.73. The molecule has 0 atom stereocenters. The fourth-order valence-corrected chi connectivity index (χ4v) is 2.41. The number of hydrogen-bond acceptors (Lipinski definition) is 4. The second-order valence-corrected chi connectivity index (χ2v) is 5.12. The van der Waals surface area contributed by atoms with Crippen LogP contribution >= 0.6 is 0 Å². The summed E-state index contributed by atoms with van der Waals surface area (Å²) in [5.41, 5.74) is 0.735. The van der Waals surface area contributed by atoms with Gasteiger partial charge in [-0.3, -0.25) is 19.3 Å². The fourth-order valence-electron chi connectivity index (χ4n) is 2.41. The van der Waals surface area contributed by atoms with Gasteiger partial charge in [0.15, 0.2) is 0 Å². The molecule has 1 fully saturated rings. The van der Waals surface area contributed by atoms with E-state index in [-0.39, 0.29) is 12.5 Å². The van der Waals surface area contributed by atoms with E-state index < -0.39 is 24.4 Å². The Bertz CT molecular complexity index is 625. The number of rotatable bonds is 6. The van der Waals surface area contributed by atoms with Crippen LogP contribution in [0.4, 0.5) is 4.79 Å². The van der Waals surface area contributed by atoms with Gasteiger partial charge in [0, 0.05) is 13.1 Å². The van der Waals surface area contributed by atoms with Crippen LogP contribution in [0.1, 0.15) is 19.4 Å². The Kier molecular flexibility index (Phi) is 5.10. The molecule has 1 aliphatic rings. The highest BCUT2D eigenvalue weighted by Crippen LogP contribution is 2.16. The van der Waals surface area contributed by atoms with Crippen LogP contribution in [0.3, 0.4) is 0 Å². The van der Waals surface area contributed by atoms with Crippen LogP contribution in [-0.2, 0) is 20.9 Å². The third-order valence-electron chi connectivity index (χ3n) is 3.73. The highest BCUT2D eigenvalue weighted by atomic mass is 16.2. The lowest BCUT2D eigenvalue weighted by atomic mass is 10.2. The average Bonchev–Trinajstić information content (AvgIpc) is 2.75. The molecule has 0 bridgehead atoms. The first kappa shape index (κ1) is 16.7. The van der Waals surface area contributed by atoms with Crippen molar-refractivity contribution in [3.63, 3.8) is 0 Å². The molecule has 5 amide bonds. The lowest BCUT2D eigenvalue weighted by Crippen LogP contribution is -2.43. The first-order valence-corrected chi connectivity index (χ1v) is 7.48. The van der Waals surface area contributed by atoms with Crippen LogP contribution in [0.2, 0.25) is 0 Å². The molecule has 2 rings (SSSR count). The first-order chi connectivity index (χ1) is 11.0. The van der Waals surface area contributed by atoms with Gasteiger partial charge >= 0.3 is 17.8 Å². The summed E-state index contributed by atoms with van der Waals surface area (Å²) < 4.78 is 0. The van der Waals surface area contributed by atoms with E-state index in [1.807, 2.05) is 19.9 Å². The zero-order valence-corrected chi connectivity index (χ0v) is 13.2. The summed E-state index contributed by atoms with van der Waals surface area (Å²) in [7, 11) is 0. The van der Waals surface area contributed by atoms with Crippen molar-refractivity contribution < 1.29 is 19.2 Å². The Balaban J connectivity index is 2.12. The maximum absolute atomic E-state index is 12.3. The minimum absolute atomic E-state index is 0.0141. The lowest BCUT2D eigenvalue weighted by molar-refractivity contribution is -0.145. The van der Waals surface area contributed by atoms with Crippen molar-refractivity contribution in [2.45, 2.75) is 20.4 Å². The molecule has 23 heavy (non-hydrogen) atoms. The van der Waals surface area contributed by atoms with Crippen LogP contribution in [0.15, 0.2) is 30.3 Å². The summed E-state index contributed by atoms with van der Waals surface area (Å²) in [5.74, 6) is -2.20. The van der Waals surface area contributed by atoms with E-state index >= 15 is 0 Å². The number of amides is 5. The number of carbonyl (C=O) groups excluding carboxylic acids is 4. The Hall–Kier alpha value is -2.70. The SMILES string of the molecule is CCN(CC)C(=O)CN1C(=O)C(=O)N(Cc2ccccc2)C1=O. The molecule has 0 radical (unpaired) electrons. The van der Waals surface area contributed by atoms with E-state index in [2.05, 4.69) is 0 Å². The summed E-state index contributed by atoms with van der Waals surface area (Å²) in [5, 5.41) is 0. The summed E-state index contributed by atoms with van der Waals surface area (Å²) in [6, 6.07) is 8.15. The maximum atomic E-state index is 12.3. The van der Waals surface area contributed by atoms with Gasteiger partial charge in [-0.15, -0.1) is 0 Å². The molecule has 1 aromatic rings. The molecule has 122 valence electrons. The van der Waals surface area contributed by atoms with E-state index in [0.29, 0.717) is 18.0 Å². The topological polar surface area (TPSA) is 78.0 Å². The molecule has 7 heteroatoms. The lowest BCUT2D eigenvalue weighted by Gasteiger charge is -2.21. The van der Waals surface area contributed by atoms with E-state index in [1.165, 1.54) is 4.90 Å². The number of urea groups is 1. The number of carbonyl (C=O) groups is 4. The van der Waals surface area contributed by atoms with Crippen molar-refractivity contribution in [3.8, 4) is 0 Å². The molecule has 1 saturated heterocycles. The van der Waals surface area contributed by atoms with E-state index in [0.717, 1.165) is 10.5 Å². The van der Waals surface area contributed by atoms with Gasteiger partial charge in [0.05, 0.1) is 6.54 Å². The van der Waals surface area contributed by atoms with Gasteiger partial charge in [-0.25, -0.2) is 9.69 Å². The predicted octanol–water partition coefficient (Wildman–Crippen LogP) is 0.846. The third kappa shape index (κ3) is 3.39. The van der Waals surface area contributed by atoms with E-state index in [9.17, 15) is 19.2 Å². The van der Waals surface area contributed by atoms with Crippen LogP contribution in [0.25, 0.3) is 0 Å². The van der Waals surface area contributed by atoms with Gasteiger partial charge in [-0.05, 0) is 19.4 Å². The molecule has 0 aromatic heterocycles. The monoisotopic (exact) mass is 317 g/mol. The molecule has 7 nitrogen and oxygen atoms in total. The number of likely N-dealkylation sites (N-methyl/N-ethyl adjacent to an activating group) is 1. The predicted molar refractivity (Wildman–Crippen MR) is 82.0 cm³/mol. The number of benzene rings is 1. The number of imide groups is 2. The molecule has 0 N–H and O–H groups in total. The number of nitrogens with zero attached hydrogens (tertiary/aromatic N) is 3. The Morgan fingerprint density at radius 1 is 0.957 bits per heavy atom. The maximum Gasteiger partial charge on any atom is 0.335 e. The normalized spacial score (nSPS) is 14.6. The van der Waals surface area contributed by atoms with Crippen molar-refractivity contribution in [1.82, 2.24) is 14.7 Å². The Morgan fingerprint density at radius 2 is 1.52 bits per heavy atom. The quantitative estimate of drug-likeness (QED) is 0.575. The van der Waals surface area contributed by atoms with Crippen LogP contribution in [0.5, 0.6) is 0 Å². The molecule has 1 aliphatic heterocycles. The zero-order chi connectivity index (χ0) is 17.0. The minimum atomic E-state index is -0.952. The van der Waals surface area contributed by atoms with Crippen molar-refractivity contribution in [1.29, 1.82) is 0 Å². The summed E-state index contributed by atoms with van der Waals surface area (Å²) >= 11 is 0. The van der Waals surface area contributed by atoms with Gasteiger partial charge in [0.2, 0.25) is 5.91 Å². The van der Waals surface area contributed by atoms with E-state index in [4.69, 9.17) is 0 Å². The zero-order valence-electron chi connectivity index (χ0n) is 13.2. The van der Waals surface area contributed by atoms with Crippen LogP contribution in [0, 0.1) is 0 Å². The second kappa shape index (κ2) is 7.04. The Morgan fingerprint density at radius 3 is 2.09 bits per heavy atom. The molecule has 1 aromatic carbocycles. The summed E-state index contributed by atoms with van der Waals surface area (Å²) in [4.78, 5) is 51.5. The highest BCUT2D eigenvalue weighted by Gasteiger charge is 2.45. The molecular weight excluding hydrogens is 298 g/mol. The Labute approximate surface area is 134 Å².